The van der Waals surface area contributed by atoms with Crippen molar-refractivity contribution in [2.75, 3.05) is 37.0 Å². The number of hydrogen-bond acceptors (Lipinski definition) is 8. The zero-order valence-electron chi connectivity index (χ0n) is 19.7. The molecule has 3 aliphatic rings. The molecule has 36 heavy (non-hydrogen) atoms. The SMILES string of the molecule is COc1cc(N2C[C@H]3CC[C@@H](C2)[C@@H]3Nc2nc3n(n2)CCCO[C@H]3c2ccc(F)c(F)c2F)cnn1. The van der Waals surface area contributed by atoms with Crippen molar-refractivity contribution in [2.45, 2.75) is 38.0 Å². The molecule has 1 aromatic carbocycles. The molecule has 2 bridgehead atoms. The van der Waals surface area contributed by atoms with Crippen LogP contribution >= 0.6 is 0 Å². The maximum absolute atomic E-state index is 14.6. The minimum Gasteiger partial charge on any atom is -0.480 e. The molecule has 9 nitrogen and oxygen atoms in total. The molecule has 3 aromatic rings. The van der Waals surface area contributed by atoms with Crippen molar-refractivity contribution in [1.29, 1.82) is 0 Å². The number of rotatable bonds is 5. The minimum absolute atomic E-state index is 0.0919. The molecule has 1 N–H and O–H groups in total. The van der Waals surface area contributed by atoms with E-state index in [9.17, 15) is 13.2 Å². The number of aryl methyl sites for hydroxylation is 1. The zero-order valence-corrected chi connectivity index (χ0v) is 19.7. The van der Waals surface area contributed by atoms with Gasteiger partial charge in [0.1, 0.15) is 6.10 Å². The summed E-state index contributed by atoms with van der Waals surface area (Å²) in [7, 11) is 1.57. The van der Waals surface area contributed by atoms with Crippen molar-refractivity contribution >= 4 is 11.6 Å². The van der Waals surface area contributed by atoms with Gasteiger partial charge in [-0.05, 0) is 43.2 Å². The number of aromatic nitrogens is 5. The van der Waals surface area contributed by atoms with Gasteiger partial charge in [-0.15, -0.1) is 10.2 Å². The Bertz CT molecular complexity index is 1260. The Labute approximate surface area is 205 Å². The van der Waals surface area contributed by atoms with Gasteiger partial charge in [0, 0.05) is 43.9 Å². The van der Waals surface area contributed by atoms with Gasteiger partial charge < -0.3 is 19.7 Å². The molecule has 0 spiro atoms. The van der Waals surface area contributed by atoms with Gasteiger partial charge in [-0.2, -0.15) is 10.1 Å². The van der Waals surface area contributed by atoms with Crippen LogP contribution in [-0.4, -0.2) is 57.8 Å². The Balaban J connectivity index is 1.23. The summed E-state index contributed by atoms with van der Waals surface area (Å²) < 4.78 is 54.8. The molecule has 1 aliphatic carbocycles. The number of fused-ring (bicyclic) bond motifs is 3. The molecule has 2 aliphatic heterocycles. The second kappa shape index (κ2) is 9.23. The number of nitrogens with one attached hydrogen (secondary N) is 1. The molecule has 12 heteroatoms. The van der Waals surface area contributed by atoms with Gasteiger partial charge in [0.15, 0.2) is 23.3 Å². The summed E-state index contributed by atoms with van der Waals surface area (Å²) >= 11 is 0. The Morgan fingerprint density at radius 1 is 1.11 bits per heavy atom. The van der Waals surface area contributed by atoms with Gasteiger partial charge in [0.2, 0.25) is 11.8 Å². The van der Waals surface area contributed by atoms with Gasteiger partial charge in [0.05, 0.1) is 19.0 Å². The smallest absolute Gasteiger partial charge is 0.242 e. The van der Waals surface area contributed by atoms with Crippen molar-refractivity contribution < 1.29 is 22.6 Å². The van der Waals surface area contributed by atoms with Crippen LogP contribution in [0.15, 0.2) is 24.4 Å². The summed E-state index contributed by atoms with van der Waals surface area (Å²) in [6.07, 6.45) is 3.58. The zero-order chi connectivity index (χ0) is 24.8. The lowest BCUT2D eigenvalue weighted by Gasteiger charge is -2.39. The summed E-state index contributed by atoms with van der Waals surface area (Å²) in [5.41, 5.74) is 0.892. The van der Waals surface area contributed by atoms with E-state index in [0.29, 0.717) is 49.1 Å². The molecule has 4 heterocycles. The number of halogens is 3. The van der Waals surface area contributed by atoms with Gasteiger partial charge in [0.25, 0.3) is 0 Å². The van der Waals surface area contributed by atoms with Gasteiger partial charge in [-0.25, -0.2) is 17.9 Å². The lowest BCUT2D eigenvalue weighted by atomic mass is 9.92. The summed E-state index contributed by atoms with van der Waals surface area (Å²) in [5.74, 6) is -1.97. The third-order valence-electron chi connectivity index (χ3n) is 7.40. The molecule has 4 atom stereocenters. The standard InChI is InChI=1S/C24H26F3N7O2/c1-35-18-9-15(10-28-31-18)33-11-13-3-4-14(12-33)21(13)29-24-30-23-22(36-8-2-7-34(23)32-24)16-5-6-17(25)20(27)19(16)26/h5-6,9-10,13-14,21-22H,2-4,7-8,11-12H2,1H3,(H,29,32)/t13-,14+,21-,22-/m0/s1. The maximum Gasteiger partial charge on any atom is 0.242 e. The van der Waals surface area contributed by atoms with Crippen LogP contribution < -0.4 is 15.0 Å². The lowest BCUT2D eigenvalue weighted by Crippen LogP contribution is -2.48. The second-order valence-electron chi connectivity index (χ2n) is 9.51. The van der Waals surface area contributed by atoms with E-state index in [1.165, 1.54) is 6.07 Å². The molecular weight excluding hydrogens is 475 g/mol. The third kappa shape index (κ3) is 4.02. The average molecular weight is 502 g/mol. The molecule has 2 fully saturated rings. The monoisotopic (exact) mass is 501 g/mol. The molecule has 0 radical (unpaired) electrons. The van der Waals surface area contributed by atoms with Crippen LogP contribution in [0.1, 0.15) is 36.8 Å². The number of piperidine rings is 1. The highest BCUT2D eigenvalue weighted by Crippen LogP contribution is 2.40. The van der Waals surface area contributed by atoms with Crippen molar-refractivity contribution in [3.63, 3.8) is 0 Å². The molecule has 1 saturated heterocycles. The first-order valence-electron chi connectivity index (χ1n) is 12.1. The Morgan fingerprint density at radius 3 is 2.69 bits per heavy atom. The predicted octanol–water partition coefficient (Wildman–Crippen LogP) is 3.33. The summed E-state index contributed by atoms with van der Waals surface area (Å²) in [6.45, 7) is 2.56. The van der Waals surface area contributed by atoms with E-state index in [1.807, 2.05) is 6.07 Å². The van der Waals surface area contributed by atoms with Crippen LogP contribution in [0.2, 0.25) is 0 Å². The highest BCUT2D eigenvalue weighted by molar-refractivity contribution is 5.48. The van der Waals surface area contributed by atoms with E-state index in [0.717, 1.165) is 37.7 Å². The van der Waals surface area contributed by atoms with E-state index in [4.69, 9.17) is 9.47 Å². The van der Waals surface area contributed by atoms with Crippen molar-refractivity contribution in [2.24, 2.45) is 11.8 Å². The quantitative estimate of drug-likeness (QED) is 0.533. The number of anilines is 2. The molecule has 6 rings (SSSR count). The van der Waals surface area contributed by atoms with Crippen LogP contribution in [0, 0.1) is 29.3 Å². The number of benzene rings is 1. The number of hydrogen-bond donors (Lipinski definition) is 1. The molecule has 1 saturated carbocycles. The topological polar surface area (TPSA) is 90.2 Å². The van der Waals surface area contributed by atoms with Crippen molar-refractivity contribution in [3.8, 4) is 5.88 Å². The predicted molar refractivity (Wildman–Crippen MR) is 123 cm³/mol. The lowest BCUT2D eigenvalue weighted by molar-refractivity contribution is 0.0780. The van der Waals surface area contributed by atoms with E-state index in [2.05, 4.69) is 30.5 Å². The average Bonchev–Trinajstić information content (AvgIpc) is 3.30. The maximum atomic E-state index is 14.6. The number of ether oxygens (including phenoxy) is 2. The van der Waals surface area contributed by atoms with Crippen LogP contribution in [0.3, 0.4) is 0 Å². The molecule has 0 unspecified atom stereocenters. The summed E-state index contributed by atoms with van der Waals surface area (Å²) in [4.78, 5) is 6.95. The van der Waals surface area contributed by atoms with Crippen LogP contribution in [0.4, 0.5) is 24.8 Å². The van der Waals surface area contributed by atoms with E-state index in [1.54, 1.807) is 18.0 Å². The second-order valence-corrected chi connectivity index (χ2v) is 9.51. The highest BCUT2D eigenvalue weighted by Gasteiger charge is 2.43. The first-order valence-corrected chi connectivity index (χ1v) is 12.1. The first-order chi connectivity index (χ1) is 17.5. The van der Waals surface area contributed by atoms with Gasteiger partial charge in [-0.1, -0.05) is 0 Å². The Morgan fingerprint density at radius 2 is 1.92 bits per heavy atom. The Kier molecular flexibility index (Phi) is 5.90. The fraction of sp³-hybridized carbons (Fsp3) is 0.500. The fourth-order valence-electron chi connectivity index (χ4n) is 5.66. The minimum atomic E-state index is -1.52. The number of methoxy groups -OCH3 is 1. The largest absolute Gasteiger partial charge is 0.480 e. The van der Waals surface area contributed by atoms with Crippen LogP contribution in [0.5, 0.6) is 5.88 Å². The van der Waals surface area contributed by atoms with E-state index in [-0.39, 0.29) is 11.6 Å². The molecule has 2 aromatic heterocycles. The normalized spacial score (nSPS) is 25.4. The first kappa shape index (κ1) is 23.0. The van der Waals surface area contributed by atoms with Crippen LogP contribution in [0.25, 0.3) is 0 Å². The van der Waals surface area contributed by atoms with E-state index < -0.39 is 23.6 Å². The van der Waals surface area contributed by atoms with Gasteiger partial charge >= 0.3 is 0 Å². The molecular formula is C24H26F3N7O2. The highest BCUT2D eigenvalue weighted by atomic mass is 19.2. The molecule has 190 valence electrons. The fourth-order valence-corrected chi connectivity index (χ4v) is 5.66. The number of nitrogens with zero attached hydrogens (tertiary/aromatic N) is 6. The summed E-state index contributed by atoms with van der Waals surface area (Å²) in [5, 5.41) is 16.1. The van der Waals surface area contributed by atoms with Crippen molar-refractivity contribution in [3.05, 3.63) is 53.2 Å². The van der Waals surface area contributed by atoms with Crippen molar-refractivity contribution in [1.82, 2.24) is 25.0 Å². The Hall–Kier alpha value is -3.41. The van der Waals surface area contributed by atoms with E-state index >= 15 is 0 Å². The van der Waals surface area contributed by atoms with Crippen LogP contribution in [-0.2, 0) is 11.3 Å². The van der Waals surface area contributed by atoms with Gasteiger partial charge in [-0.3, -0.25) is 0 Å². The third-order valence-corrected chi connectivity index (χ3v) is 7.40. The molecule has 0 amide bonds. The summed E-state index contributed by atoms with van der Waals surface area (Å²) in [6, 6.07) is 4.19.